The molecule has 0 saturated heterocycles. The molecular weight excluding hydrogens is 160 g/mol. The van der Waals surface area contributed by atoms with Gasteiger partial charge in [-0.1, -0.05) is 6.58 Å². The van der Waals surface area contributed by atoms with Crippen LogP contribution in [0.4, 0.5) is 0 Å². The Balaban J connectivity index is -0.000000105. The van der Waals surface area contributed by atoms with Crippen LogP contribution in [0, 0.1) is 0 Å². The summed E-state index contributed by atoms with van der Waals surface area (Å²) in [6.45, 7) is 8.33. The second kappa shape index (κ2) is 31.5. The molecule has 0 aliphatic carbocycles. The van der Waals surface area contributed by atoms with Crippen molar-refractivity contribution in [2.45, 2.75) is 13.8 Å². The molecule has 0 aromatic rings. The average Bonchev–Trinajstić information content (AvgIpc) is 2.08. The predicted molar refractivity (Wildman–Crippen MR) is 49.2 cm³/mol. The van der Waals surface area contributed by atoms with Gasteiger partial charge in [-0.15, -0.1) is 0 Å². The van der Waals surface area contributed by atoms with Crippen molar-refractivity contribution < 1.29 is 20.1 Å². The number of hydrogen-bond donors (Lipinski definition) is 3. The summed E-state index contributed by atoms with van der Waals surface area (Å²) in [5.41, 5.74) is 0. The van der Waals surface area contributed by atoms with Crippen LogP contribution in [-0.2, 0) is 4.74 Å². The Kier molecular flexibility index (Phi) is 45.9. The molecule has 0 rings (SSSR count). The predicted octanol–water partition coefficient (Wildman–Crippen LogP) is 0.702. The van der Waals surface area contributed by atoms with Crippen LogP contribution in [0.15, 0.2) is 12.8 Å². The van der Waals surface area contributed by atoms with Crippen molar-refractivity contribution in [3.63, 3.8) is 0 Å². The van der Waals surface area contributed by atoms with E-state index in [0.717, 1.165) is 19.5 Å². The maximum Gasteiger partial charge on any atom is 0.0719 e. The number of ether oxygens (including phenoxy) is 1. The normalized spacial score (nSPS) is 7.00. The first-order valence-electron chi connectivity index (χ1n) is 3.79. The molecule has 0 saturated carbocycles. The first-order chi connectivity index (χ1) is 5.74. The van der Waals surface area contributed by atoms with Gasteiger partial charge >= 0.3 is 0 Å². The van der Waals surface area contributed by atoms with Crippen molar-refractivity contribution in [2.24, 2.45) is 0 Å². The lowest BCUT2D eigenvalue weighted by Crippen LogP contribution is -1.85. The quantitative estimate of drug-likeness (QED) is 0.559. The maximum atomic E-state index is 7.62. The second-order valence-electron chi connectivity index (χ2n) is 1.41. The second-order valence-corrected chi connectivity index (χ2v) is 1.41. The standard InChI is InChI=1S/C4H10O.C2H6O2.C2H4O/c1-3-5-4-2;3-1-2-4;1-2-3/h3-4H2,1-2H3;3-4H,1-2H2;2-3H,1H2. The third kappa shape index (κ3) is 114. The molecule has 0 amide bonds. The number of aliphatic hydroxyl groups excluding tert-OH is 3. The minimum absolute atomic E-state index is 0.125. The van der Waals surface area contributed by atoms with Crippen LogP contribution in [-0.4, -0.2) is 41.7 Å². The van der Waals surface area contributed by atoms with E-state index in [4.69, 9.17) is 20.1 Å². The number of aliphatic hydroxyl groups is 3. The van der Waals surface area contributed by atoms with Crippen molar-refractivity contribution in [3.8, 4) is 0 Å². The lowest BCUT2D eigenvalue weighted by Gasteiger charge is -1.86. The lowest BCUT2D eigenvalue weighted by molar-refractivity contribution is 0.162. The molecule has 4 heteroatoms. The largest absolute Gasteiger partial charge is 0.516 e. The van der Waals surface area contributed by atoms with Crippen molar-refractivity contribution in [1.29, 1.82) is 0 Å². The summed E-state index contributed by atoms with van der Waals surface area (Å²) < 4.78 is 4.83. The highest BCUT2D eigenvalue weighted by molar-refractivity contribution is 4.38. The summed E-state index contributed by atoms with van der Waals surface area (Å²) in [5.74, 6) is 0. The molecule has 0 heterocycles. The number of rotatable bonds is 3. The first kappa shape index (κ1) is 17.5. The molecule has 0 unspecified atom stereocenters. The van der Waals surface area contributed by atoms with Crippen LogP contribution in [0.1, 0.15) is 13.8 Å². The van der Waals surface area contributed by atoms with Crippen molar-refractivity contribution >= 4 is 0 Å². The Bertz CT molecular complexity index is 53.0. The third-order valence-corrected chi connectivity index (χ3v) is 0.508. The van der Waals surface area contributed by atoms with Crippen molar-refractivity contribution in [1.82, 2.24) is 0 Å². The molecule has 0 radical (unpaired) electrons. The molecule has 0 aliphatic rings. The van der Waals surface area contributed by atoms with Gasteiger partial charge in [-0.2, -0.15) is 0 Å². The average molecular weight is 180 g/mol. The van der Waals surface area contributed by atoms with Crippen LogP contribution in [0.2, 0.25) is 0 Å². The molecule has 76 valence electrons. The van der Waals surface area contributed by atoms with E-state index in [1.165, 1.54) is 0 Å². The Labute approximate surface area is 74.1 Å². The van der Waals surface area contributed by atoms with Gasteiger partial charge in [0, 0.05) is 13.2 Å². The summed E-state index contributed by atoms with van der Waals surface area (Å²) in [5, 5.41) is 22.6. The highest BCUT2D eigenvalue weighted by atomic mass is 16.5. The third-order valence-electron chi connectivity index (χ3n) is 0.508. The Hall–Kier alpha value is -0.580. The number of hydrogen-bond acceptors (Lipinski definition) is 4. The summed E-state index contributed by atoms with van der Waals surface area (Å²) >= 11 is 0. The van der Waals surface area contributed by atoms with E-state index in [0.29, 0.717) is 0 Å². The van der Waals surface area contributed by atoms with Crippen LogP contribution >= 0.6 is 0 Å². The molecule has 0 bridgehead atoms. The van der Waals surface area contributed by atoms with Crippen LogP contribution in [0.5, 0.6) is 0 Å². The van der Waals surface area contributed by atoms with Crippen LogP contribution < -0.4 is 0 Å². The van der Waals surface area contributed by atoms with Gasteiger partial charge in [-0.3, -0.25) is 0 Å². The molecule has 0 fully saturated rings. The fourth-order valence-corrected chi connectivity index (χ4v) is 0.204. The Morgan fingerprint density at radius 2 is 1.42 bits per heavy atom. The minimum Gasteiger partial charge on any atom is -0.516 e. The maximum absolute atomic E-state index is 7.62. The Morgan fingerprint density at radius 3 is 1.42 bits per heavy atom. The van der Waals surface area contributed by atoms with E-state index >= 15 is 0 Å². The molecule has 3 N–H and O–H groups in total. The summed E-state index contributed by atoms with van der Waals surface area (Å²) in [4.78, 5) is 0. The van der Waals surface area contributed by atoms with E-state index < -0.39 is 0 Å². The highest BCUT2D eigenvalue weighted by Crippen LogP contribution is 1.64. The van der Waals surface area contributed by atoms with Crippen molar-refractivity contribution in [2.75, 3.05) is 26.4 Å². The first-order valence-corrected chi connectivity index (χ1v) is 3.79. The van der Waals surface area contributed by atoms with Gasteiger partial charge in [0.15, 0.2) is 0 Å². The van der Waals surface area contributed by atoms with E-state index in [1.54, 1.807) is 0 Å². The zero-order valence-corrected chi connectivity index (χ0v) is 7.86. The summed E-state index contributed by atoms with van der Waals surface area (Å²) in [7, 11) is 0. The monoisotopic (exact) mass is 180 g/mol. The molecule has 0 aliphatic heterocycles. The minimum atomic E-state index is -0.125. The van der Waals surface area contributed by atoms with Gasteiger partial charge in [0.2, 0.25) is 0 Å². The molecule has 0 atom stereocenters. The van der Waals surface area contributed by atoms with Crippen LogP contribution in [0.25, 0.3) is 0 Å². The van der Waals surface area contributed by atoms with Gasteiger partial charge in [0.1, 0.15) is 0 Å². The van der Waals surface area contributed by atoms with Gasteiger partial charge in [0.05, 0.1) is 19.5 Å². The van der Waals surface area contributed by atoms with E-state index in [1.807, 2.05) is 13.8 Å². The SMILES string of the molecule is C=CO.CCOCC.OCCO. The van der Waals surface area contributed by atoms with Gasteiger partial charge < -0.3 is 20.1 Å². The Morgan fingerprint density at radius 1 is 1.17 bits per heavy atom. The fourth-order valence-electron chi connectivity index (χ4n) is 0.204. The lowest BCUT2D eigenvalue weighted by atomic mass is 10.8. The smallest absolute Gasteiger partial charge is 0.0719 e. The zero-order chi connectivity index (χ0) is 10.2. The summed E-state index contributed by atoms with van der Waals surface area (Å²) in [6.07, 6.45) is 0.750. The summed E-state index contributed by atoms with van der Waals surface area (Å²) in [6, 6.07) is 0. The molecule has 12 heavy (non-hydrogen) atoms. The van der Waals surface area contributed by atoms with Gasteiger partial charge in [0.25, 0.3) is 0 Å². The molecule has 0 aromatic heterocycles. The molecular formula is C8H20O4. The topological polar surface area (TPSA) is 69.9 Å². The van der Waals surface area contributed by atoms with Gasteiger partial charge in [-0.05, 0) is 13.8 Å². The highest BCUT2D eigenvalue weighted by Gasteiger charge is 1.64. The van der Waals surface area contributed by atoms with E-state index in [2.05, 4.69) is 6.58 Å². The van der Waals surface area contributed by atoms with E-state index in [-0.39, 0.29) is 13.2 Å². The molecule has 4 nitrogen and oxygen atoms in total. The fraction of sp³-hybridized carbons (Fsp3) is 0.750. The molecule has 0 aromatic carbocycles. The van der Waals surface area contributed by atoms with Crippen LogP contribution in [0.3, 0.4) is 0 Å². The zero-order valence-electron chi connectivity index (χ0n) is 7.86. The van der Waals surface area contributed by atoms with Crippen molar-refractivity contribution in [3.05, 3.63) is 12.8 Å². The van der Waals surface area contributed by atoms with Gasteiger partial charge in [-0.25, -0.2) is 0 Å². The van der Waals surface area contributed by atoms with E-state index in [9.17, 15) is 0 Å². The molecule has 0 spiro atoms.